The summed E-state index contributed by atoms with van der Waals surface area (Å²) in [6.07, 6.45) is -4.17. The van der Waals surface area contributed by atoms with E-state index in [9.17, 15) is 18.0 Å². The monoisotopic (exact) mass is 271 g/mol. The van der Waals surface area contributed by atoms with Crippen molar-refractivity contribution in [3.8, 4) is 0 Å². The lowest BCUT2D eigenvalue weighted by Gasteiger charge is -2.24. The first-order valence-electron chi connectivity index (χ1n) is 6.03. The van der Waals surface area contributed by atoms with Crippen LogP contribution in [0.5, 0.6) is 0 Å². The Balaban J connectivity index is 3.21. The van der Waals surface area contributed by atoms with Gasteiger partial charge in [-0.2, -0.15) is 13.2 Å². The summed E-state index contributed by atoms with van der Waals surface area (Å²) in [5, 5.41) is 0. The number of ketones is 1. The number of carbonyl (C=O) groups excluding carboxylic acids is 1. The van der Waals surface area contributed by atoms with Crippen molar-refractivity contribution in [2.24, 2.45) is 0 Å². The Morgan fingerprint density at radius 1 is 1.16 bits per heavy atom. The lowest BCUT2D eigenvalue weighted by Crippen LogP contribution is -2.26. The van der Waals surface area contributed by atoms with Crippen molar-refractivity contribution in [3.05, 3.63) is 42.0 Å². The van der Waals surface area contributed by atoms with Crippen LogP contribution in [0.3, 0.4) is 0 Å². The predicted molar refractivity (Wildman–Crippen MR) is 68.4 cm³/mol. The quantitative estimate of drug-likeness (QED) is 0.764. The largest absolute Gasteiger partial charge is 0.454 e. The molecule has 0 heterocycles. The Labute approximate surface area is 110 Å². The molecule has 0 saturated carbocycles. The Bertz CT molecular complexity index is 448. The summed E-state index contributed by atoms with van der Waals surface area (Å²) in [5.74, 6) is -1.83. The van der Waals surface area contributed by atoms with Gasteiger partial charge < -0.3 is 4.90 Å². The third kappa shape index (κ3) is 4.12. The number of benzene rings is 1. The molecule has 0 saturated heterocycles. The normalized spacial score (nSPS) is 12.4. The molecule has 0 spiro atoms. The van der Waals surface area contributed by atoms with Crippen molar-refractivity contribution < 1.29 is 18.0 Å². The molecule has 0 aliphatic rings. The van der Waals surface area contributed by atoms with Crippen LogP contribution in [-0.4, -0.2) is 29.9 Å². The summed E-state index contributed by atoms with van der Waals surface area (Å²) in [5.41, 5.74) is 0.900. The maximum atomic E-state index is 12.4. The van der Waals surface area contributed by atoms with Gasteiger partial charge >= 0.3 is 6.18 Å². The minimum Gasteiger partial charge on any atom is -0.372 e. The minimum atomic E-state index is -4.84. The number of carbonyl (C=O) groups is 1. The Hall–Kier alpha value is -1.78. The Kier molecular flexibility index (Phi) is 5.15. The molecule has 0 amide bonds. The van der Waals surface area contributed by atoms with E-state index >= 15 is 0 Å². The highest BCUT2D eigenvalue weighted by Gasteiger charge is 2.37. The molecule has 0 aliphatic heterocycles. The van der Waals surface area contributed by atoms with Gasteiger partial charge in [0, 0.05) is 24.9 Å². The minimum absolute atomic E-state index is 0.299. The van der Waals surface area contributed by atoms with Crippen molar-refractivity contribution in [3.63, 3.8) is 0 Å². The van der Waals surface area contributed by atoms with Crippen molar-refractivity contribution in [1.82, 2.24) is 4.90 Å². The maximum absolute atomic E-state index is 12.4. The smallest absolute Gasteiger partial charge is 0.372 e. The van der Waals surface area contributed by atoms with E-state index in [4.69, 9.17) is 0 Å². The zero-order valence-corrected chi connectivity index (χ0v) is 10.9. The van der Waals surface area contributed by atoms with Gasteiger partial charge in [0.25, 0.3) is 5.78 Å². The van der Waals surface area contributed by atoms with Gasteiger partial charge in [0.05, 0.1) is 0 Å². The van der Waals surface area contributed by atoms with Crippen LogP contribution in [0.1, 0.15) is 19.4 Å². The fourth-order valence-corrected chi connectivity index (χ4v) is 1.74. The van der Waals surface area contributed by atoms with Crippen LogP contribution in [0.2, 0.25) is 0 Å². The molecule has 0 aliphatic carbocycles. The number of hydrogen-bond acceptors (Lipinski definition) is 2. The highest BCUT2D eigenvalue weighted by atomic mass is 19.4. The third-order valence-electron chi connectivity index (χ3n) is 2.72. The zero-order chi connectivity index (χ0) is 14.5. The van der Waals surface area contributed by atoms with E-state index in [1.165, 1.54) is 0 Å². The number of hydrogen-bond donors (Lipinski definition) is 0. The summed E-state index contributed by atoms with van der Waals surface area (Å²) in [7, 11) is 0. The van der Waals surface area contributed by atoms with Gasteiger partial charge in [-0.05, 0) is 19.4 Å². The first-order valence-corrected chi connectivity index (χ1v) is 6.03. The fraction of sp³-hybridized carbons (Fsp3) is 0.357. The molecular weight excluding hydrogens is 255 g/mol. The number of halogens is 3. The zero-order valence-electron chi connectivity index (χ0n) is 10.9. The van der Waals surface area contributed by atoms with Crippen LogP contribution in [0.25, 0.3) is 5.70 Å². The molecule has 0 fully saturated rings. The van der Waals surface area contributed by atoms with Gasteiger partial charge in [-0.15, -0.1) is 0 Å². The van der Waals surface area contributed by atoms with Crippen molar-refractivity contribution in [2.45, 2.75) is 20.0 Å². The molecule has 0 aromatic heterocycles. The average molecular weight is 271 g/mol. The van der Waals surface area contributed by atoms with Crippen LogP contribution < -0.4 is 0 Å². The van der Waals surface area contributed by atoms with E-state index in [1.54, 1.807) is 35.2 Å². The van der Waals surface area contributed by atoms with Crippen molar-refractivity contribution in [1.29, 1.82) is 0 Å². The molecule has 0 bridgehead atoms. The highest BCUT2D eigenvalue weighted by Crippen LogP contribution is 2.23. The summed E-state index contributed by atoms with van der Waals surface area (Å²) in [4.78, 5) is 12.9. The summed E-state index contributed by atoms with van der Waals surface area (Å²) < 4.78 is 37.2. The molecule has 5 heteroatoms. The molecule has 104 valence electrons. The van der Waals surface area contributed by atoms with E-state index in [2.05, 4.69) is 0 Å². The molecular formula is C14H16F3NO. The summed E-state index contributed by atoms with van der Waals surface area (Å²) in [6.45, 7) is 4.72. The molecule has 0 atom stereocenters. The second-order valence-corrected chi connectivity index (χ2v) is 3.93. The maximum Gasteiger partial charge on any atom is 0.454 e. The number of nitrogens with zero attached hydrogens (tertiary/aromatic N) is 1. The van der Waals surface area contributed by atoms with Crippen LogP contribution in [-0.2, 0) is 4.79 Å². The summed E-state index contributed by atoms with van der Waals surface area (Å²) in [6, 6.07) is 8.60. The third-order valence-corrected chi connectivity index (χ3v) is 2.72. The molecule has 0 radical (unpaired) electrons. The Morgan fingerprint density at radius 2 is 1.68 bits per heavy atom. The van der Waals surface area contributed by atoms with E-state index < -0.39 is 12.0 Å². The highest BCUT2D eigenvalue weighted by molar-refractivity contribution is 6.00. The standard InChI is InChI=1S/C14H16F3NO/c1-3-18(4-2)12(10-13(19)14(15,16)17)11-8-6-5-7-9-11/h5-10H,3-4H2,1-2H3/b12-10+. The number of alkyl halides is 3. The van der Waals surface area contributed by atoms with Crippen molar-refractivity contribution in [2.75, 3.05) is 13.1 Å². The van der Waals surface area contributed by atoms with E-state index in [0.717, 1.165) is 0 Å². The van der Waals surface area contributed by atoms with E-state index in [0.29, 0.717) is 30.4 Å². The Morgan fingerprint density at radius 3 is 2.11 bits per heavy atom. The van der Waals surface area contributed by atoms with E-state index in [1.807, 2.05) is 13.8 Å². The van der Waals surface area contributed by atoms with Gasteiger partial charge in [-0.25, -0.2) is 0 Å². The topological polar surface area (TPSA) is 20.3 Å². The van der Waals surface area contributed by atoms with Gasteiger partial charge in [-0.3, -0.25) is 4.79 Å². The van der Waals surface area contributed by atoms with Gasteiger partial charge in [-0.1, -0.05) is 30.3 Å². The van der Waals surface area contributed by atoms with Crippen LogP contribution >= 0.6 is 0 Å². The van der Waals surface area contributed by atoms with Gasteiger partial charge in [0.1, 0.15) is 0 Å². The molecule has 0 N–H and O–H groups in total. The number of rotatable bonds is 5. The summed E-state index contributed by atoms with van der Waals surface area (Å²) >= 11 is 0. The first kappa shape index (κ1) is 15.3. The lowest BCUT2D eigenvalue weighted by molar-refractivity contribution is -0.165. The number of allylic oxidation sites excluding steroid dienone is 1. The fourth-order valence-electron chi connectivity index (χ4n) is 1.74. The predicted octanol–water partition coefficient (Wildman–Crippen LogP) is 3.50. The molecule has 19 heavy (non-hydrogen) atoms. The first-order chi connectivity index (χ1) is 8.90. The van der Waals surface area contributed by atoms with Gasteiger partial charge in [0.15, 0.2) is 0 Å². The van der Waals surface area contributed by atoms with Crippen LogP contribution in [0, 0.1) is 0 Å². The lowest BCUT2D eigenvalue weighted by atomic mass is 10.1. The van der Waals surface area contributed by atoms with Crippen LogP contribution in [0.4, 0.5) is 13.2 Å². The molecule has 1 rings (SSSR count). The van der Waals surface area contributed by atoms with Gasteiger partial charge in [0.2, 0.25) is 0 Å². The molecule has 1 aromatic carbocycles. The average Bonchev–Trinajstić information content (AvgIpc) is 2.38. The van der Waals surface area contributed by atoms with E-state index in [-0.39, 0.29) is 0 Å². The molecule has 2 nitrogen and oxygen atoms in total. The molecule has 1 aromatic rings. The molecule has 0 unspecified atom stereocenters. The van der Waals surface area contributed by atoms with Crippen molar-refractivity contribution >= 4 is 11.5 Å². The van der Waals surface area contributed by atoms with Crippen LogP contribution in [0.15, 0.2) is 36.4 Å². The second kappa shape index (κ2) is 6.41. The SMILES string of the molecule is CCN(CC)/C(=C/C(=O)C(F)(F)F)c1ccccc1. The second-order valence-electron chi connectivity index (χ2n) is 3.93.